The largest absolute Gasteiger partial charge is 0.393 e. The summed E-state index contributed by atoms with van der Waals surface area (Å²) in [6, 6.07) is 10.3. The van der Waals surface area contributed by atoms with Gasteiger partial charge in [-0.2, -0.15) is 0 Å². The molecule has 0 unspecified atom stereocenters. The second-order valence-corrected chi connectivity index (χ2v) is 4.73. The average Bonchev–Trinajstić information content (AvgIpc) is 2.38. The van der Waals surface area contributed by atoms with Crippen LogP contribution in [0.1, 0.15) is 31.2 Å². The number of hydrogen-bond acceptors (Lipinski definition) is 2. The molecule has 1 aromatic rings. The van der Waals surface area contributed by atoms with Gasteiger partial charge >= 0.3 is 0 Å². The van der Waals surface area contributed by atoms with Crippen LogP contribution in [0.25, 0.3) is 0 Å². The van der Waals surface area contributed by atoms with Crippen LogP contribution in [-0.2, 0) is 11.3 Å². The summed E-state index contributed by atoms with van der Waals surface area (Å²) in [6.45, 7) is 0.672. The molecule has 1 N–H and O–H groups in total. The molecule has 0 spiro atoms. The molecule has 1 amide bonds. The van der Waals surface area contributed by atoms with Gasteiger partial charge < -0.3 is 10.0 Å². The van der Waals surface area contributed by atoms with Crippen molar-refractivity contribution in [2.75, 3.05) is 0 Å². The first-order valence-electron chi connectivity index (χ1n) is 6.22. The van der Waals surface area contributed by atoms with E-state index in [1.165, 1.54) is 0 Å². The van der Waals surface area contributed by atoms with Gasteiger partial charge in [0.05, 0.1) is 6.10 Å². The number of carbonyl (C=O) groups excluding carboxylic acids is 1. The minimum absolute atomic E-state index is 0.170. The second-order valence-electron chi connectivity index (χ2n) is 4.73. The first-order valence-corrected chi connectivity index (χ1v) is 6.22. The van der Waals surface area contributed by atoms with E-state index in [0.29, 0.717) is 6.54 Å². The SMILES string of the molecule is O=CN(Cc1ccccc1)C1CCC(O)CC1. The summed E-state index contributed by atoms with van der Waals surface area (Å²) in [7, 11) is 0. The van der Waals surface area contributed by atoms with Gasteiger partial charge in [-0.05, 0) is 31.2 Å². The number of aliphatic hydroxyl groups is 1. The van der Waals surface area contributed by atoms with Crippen LogP contribution in [0.5, 0.6) is 0 Å². The topological polar surface area (TPSA) is 40.5 Å². The van der Waals surface area contributed by atoms with Crippen LogP contribution in [0, 0.1) is 0 Å². The lowest BCUT2D eigenvalue weighted by atomic mass is 9.92. The maximum absolute atomic E-state index is 11.2. The Bertz CT molecular complexity index is 344. The normalized spacial score (nSPS) is 24.3. The Morgan fingerprint density at radius 3 is 2.41 bits per heavy atom. The maximum Gasteiger partial charge on any atom is 0.210 e. The monoisotopic (exact) mass is 233 g/mol. The van der Waals surface area contributed by atoms with Crippen molar-refractivity contribution in [3.05, 3.63) is 35.9 Å². The molecule has 0 radical (unpaired) electrons. The Kier molecular flexibility index (Phi) is 4.15. The fourth-order valence-electron chi connectivity index (χ4n) is 2.44. The van der Waals surface area contributed by atoms with Gasteiger partial charge in [0, 0.05) is 12.6 Å². The molecule has 0 aliphatic heterocycles. The Balaban J connectivity index is 1.95. The van der Waals surface area contributed by atoms with Crippen molar-refractivity contribution in [1.29, 1.82) is 0 Å². The standard InChI is InChI=1S/C14H19NO2/c16-11-15(10-12-4-2-1-3-5-12)13-6-8-14(17)9-7-13/h1-5,11,13-14,17H,6-10H2. The smallest absolute Gasteiger partial charge is 0.210 e. The predicted octanol–water partition coefficient (Wildman–Crippen LogP) is 1.95. The fourth-order valence-corrected chi connectivity index (χ4v) is 2.44. The lowest BCUT2D eigenvalue weighted by Gasteiger charge is -2.33. The van der Waals surface area contributed by atoms with Crippen LogP contribution in [0.2, 0.25) is 0 Å². The highest BCUT2D eigenvalue weighted by Crippen LogP contribution is 2.23. The molecule has 1 saturated carbocycles. The number of carbonyl (C=O) groups is 1. The van der Waals surface area contributed by atoms with E-state index in [1.54, 1.807) is 0 Å². The Morgan fingerprint density at radius 1 is 1.18 bits per heavy atom. The number of benzene rings is 1. The van der Waals surface area contributed by atoms with E-state index in [9.17, 15) is 9.90 Å². The zero-order chi connectivity index (χ0) is 12.1. The van der Waals surface area contributed by atoms with Gasteiger partial charge in [-0.3, -0.25) is 4.79 Å². The third-order valence-electron chi connectivity index (χ3n) is 3.48. The quantitative estimate of drug-likeness (QED) is 0.807. The lowest BCUT2D eigenvalue weighted by Crippen LogP contribution is -2.37. The molecule has 92 valence electrons. The van der Waals surface area contributed by atoms with E-state index in [2.05, 4.69) is 0 Å². The summed E-state index contributed by atoms with van der Waals surface area (Å²) in [5, 5.41) is 9.46. The molecular formula is C14H19NO2. The van der Waals surface area contributed by atoms with Crippen molar-refractivity contribution >= 4 is 6.41 Å². The molecule has 3 heteroatoms. The van der Waals surface area contributed by atoms with Gasteiger partial charge in [-0.15, -0.1) is 0 Å². The van der Waals surface area contributed by atoms with Crippen molar-refractivity contribution in [3.63, 3.8) is 0 Å². The maximum atomic E-state index is 11.2. The van der Waals surface area contributed by atoms with E-state index < -0.39 is 0 Å². The van der Waals surface area contributed by atoms with Gasteiger partial charge in [0.25, 0.3) is 0 Å². The molecule has 1 aliphatic carbocycles. The van der Waals surface area contributed by atoms with E-state index in [0.717, 1.165) is 37.7 Å². The van der Waals surface area contributed by atoms with Crippen LogP contribution in [-0.4, -0.2) is 28.6 Å². The van der Waals surface area contributed by atoms with Gasteiger partial charge in [0.2, 0.25) is 6.41 Å². The summed E-state index contributed by atoms with van der Waals surface area (Å²) in [5.41, 5.74) is 1.16. The molecule has 0 atom stereocenters. The lowest BCUT2D eigenvalue weighted by molar-refractivity contribution is -0.122. The van der Waals surface area contributed by atoms with Crippen molar-refractivity contribution < 1.29 is 9.90 Å². The van der Waals surface area contributed by atoms with E-state index in [1.807, 2.05) is 35.2 Å². The minimum Gasteiger partial charge on any atom is -0.393 e. The zero-order valence-electron chi connectivity index (χ0n) is 9.96. The van der Waals surface area contributed by atoms with Gasteiger partial charge in [-0.25, -0.2) is 0 Å². The molecule has 0 saturated heterocycles. The van der Waals surface area contributed by atoms with Crippen molar-refractivity contribution in [3.8, 4) is 0 Å². The van der Waals surface area contributed by atoms with Crippen molar-refractivity contribution in [2.24, 2.45) is 0 Å². The number of nitrogens with zero attached hydrogens (tertiary/aromatic N) is 1. The molecule has 3 nitrogen and oxygen atoms in total. The zero-order valence-corrected chi connectivity index (χ0v) is 9.96. The fraction of sp³-hybridized carbons (Fsp3) is 0.500. The summed E-state index contributed by atoms with van der Waals surface area (Å²) in [5.74, 6) is 0. The molecule has 0 heterocycles. The second kappa shape index (κ2) is 5.82. The first kappa shape index (κ1) is 12.1. The van der Waals surface area contributed by atoms with E-state index in [-0.39, 0.29) is 12.1 Å². The summed E-state index contributed by atoms with van der Waals surface area (Å²) in [6.07, 6.45) is 4.21. The summed E-state index contributed by atoms with van der Waals surface area (Å²) in [4.78, 5) is 13.0. The Labute approximate surface area is 102 Å². The van der Waals surface area contributed by atoms with Crippen LogP contribution < -0.4 is 0 Å². The van der Waals surface area contributed by atoms with Crippen molar-refractivity contribution in [2.45, 2.75) is 44.4 Å². The molecule has 2 rings (SSSR count). The predicted molar refractivity (Wildman–Crippen MR) is 66.3 cm³/mol. The molecular weight excluding hydrogens is 214 g/mol. The first-order chi connectivity index (χ1) is 8.29. The molecule has 0 bridgehead atoms. The molecule has 1 aromatic carbocycles. The summed E-state index contributed by atoms with van der Waals surface area (Å²) < 4.78 is 0. The van der Waals surface area contributed by atoms with Gasteiger partial charge in [-0.1, -0.05) is 30.3 Å². The van der Waals surface area contributed by atoms with Crippen LogP contribution in [0.15, 0.2) is 30.3 Å². The molecule has 1 fully saturated rings. The molecule has 0 aromatic heterocycles. The minimum atomic E-state index is -0.170. The van der Waals surface area contributed by atoms with E-state index >= 15 is 0 Å². The summed E-state index contributed by atoms with van der Waals surface area (Å²) >= 11 is 0. The third-order valence-corrected chi connectivity index (χ3v) is 3.48. The highest BCUT2D eigenvalue weighted by atomic mass is 16.3. The van der Waals surface area contributed by atoms with Crippen LogP contribution >= 0.6 is 0 Å². The van der Waals surface area contributed by atoms with Crippen molar-refractivity contribution in [1.82, 2.24) is 4.90 Å². The highest BCUT2D eigenvalue weighted by molar-refractivity contribution is 5.48. The molecule has 17 heavy (non-hydrogen) atoms. The van der Waals surface area contributed by atoms with Crippen LogP contribution in [0.3, 0.4) is 0 Å². The Morgan fingerprint density at radius 2 is 1.82 bits per heavy atom. The third kappa shape index (κ3) is 3.30. The van der Waals surface area contributed by atoms with E-state index in [4.69, 9.17) is 0 Å². The number of rotatable bonds is 4. The Hall–Kier alpha value is -1.35. The average molecular weight is 233 g/mol. The highest BCUT2D eigenvalue weighted by Gasteiger charge is 2.23. The number of aliphatic hydroxyl groups excluding tert-OH is 1. The number of amides is 1. The van der Waals surface area contributed by atoms with Crippen LogP contribution in [0.4, 0.5) is 0 Å². The number of hydrogen-bond donors (Lipinski definition) is 1. The van der Waals surface area contributed by atoms with Gasteiger partial charge in [0.15, 0.2) is 0 Å². The molecule has 1 aliphatic rings. The van der Waals surface area contributed by atoms with Gasteiger partial charge in [0.1, 0.15) is 0 Å².